The Bertz CT molecular complexity index is 1790. The molecule has 3 heterocycles. The molecule has 4 rings (SSSR count). The molecule has 1 aliphatic heterocycles. The molecule has 0 bridgehead atoms. The van der Waals surface area contributed by atoms with Crippen molar-refractivity contribution >= 4 is 17.0 Å². The number of pyridine rings is 1. The average Bonchev–Trinajstić information content (AvgIpc) is 3.48. The van der Waals surface area contributed by atoms with Gasteiger partial charge in [0.2, 0.25) is 5.89 Å². The second-order valence-corrected chi connectivity index (χ2v) is 10.7. The highest BCUT2D eigenvalue weighted by Gasteiger charge is 2.16. The summed E-state index contributed by atoms with van der Waals surface area (Å²) in [5.74, 6) is 0.797. The van der Waals surface area contributed by atoms with Gasteiger partial charge < -0.3 is 9.84 Å². The summed E-state index contributed by atoms with van der Waals surface area (Å²) in [6.07, 6.45) is 27.7. The van der Waals surface area contributed by atoms with Crippen molar-refractivity contribution in [1.82, 2.24) is 20.6 Å². The van der Waals surface area contributed by atoms with Crippen molar-refractivity contribution < 1.29 is 4.42 Å². The monoisotopic (exact) mass is 610 g/mol. The van der Waals surface area contributed by atoms with Gasteiger partial charge in [-0.2, -0.15) is 5.10 Å². The lowest BCUT2D eigenvalue weighted by atomic mass is 10.1. The summed E-state index contributed by atoms with van der Waals surface area (Å²) in [5.41, 5.74) is 15.7. The van der Waals surface area contributed by atoms with Crippen LogP contribution in [0.4, 0.5) is 0 Å². The minimum atomic E-state index is 0.358. The summed E-state index contributed by atoms with van der Waals surface area (Å²) in [5, 5.41) is 13.1. The van der Waals surface area contributed by atoms with E-state index in [9.17, 15) is 0 Å². The van der Waals surface area contributed by atoms with Gasteiger partial charge >= 0.3 is 0 Å². The van der Waals surface area contributed by atoms with E-state index < -0.39 is 0 Å². The number of aromatic nitrogens is 3. The number of nitrogens with one attached hydrogen (secondary N) is 1. The van der Waals surface area contributed by atoms with Crippen molar-refractivity contribution in [2.24, 2.45) is 10.1 Å². The van der Waals surface area contributed by atoms with Crippen LogP contribution in [0.25, 0.3) is 17.2 Å². The van der Waals surface area contributed by atoms with Crippen LogP contribution >= 0.6 is 0 Å². The van der Waals surface area contributed by atoms with Gasteiger partial charge in [0.05, 0.1) is 29.4 Å². The Hall–Kier alpha value is -5.39. The van der Waals surface area contributed by atoms with Gasteiger partial charge in [-0.1, -0.05) is 74.3 Å². The van der Waals surface area contributed by atoms with Crippen LogP contribution in [-0.4, -0.2) is 33.1 Å². The summed E-state index contributed by atoms with van der Waals surface area (Å²) in [6.45, 7) is 16.3. The molecule has 0 fully saturated rings. The van der Waals surface area contributed by atoms with Crippen LogP contribution in [-0.2, 0) is 0 Å². The summed E-state index contributed by atoms with van der Waals surface area (Å²) < 4.78 is 5.97. The molecule has 7 heteroatoms. The zero-order valence-electron chi connectivity index (χ0n) is 27.3. The molecule has 0 saturated carbocycles. The Kier molecular flexibility index (Phi) is 12.5. The van der Waals surface area contributed by atoms with Crippen LogP contribution in [0, 0.1) is 0 Å². The molecule has 1 N–H and O–H groups in total. The summed E-state index contributed by atoms with van der Waals surface area (Å²) >= 11 is 0. The topological polar surface area (TPSA) is 88.6 Å². The summed E-state index contributed by atoms with van der Waals surface area (Å²) in [4.78, 5) is 9.73. The number of aliphatic imine (C=N–C) groups is 1. The second kappa shape index (κ2) is 17.2. The quantitative estimate of drug-likeness (QED) is 0.0758. The molecule has 234 valence electrons. The number of nitrogens with zero attached hydrogens (tertiary/aromatic N) is 5. The molecule has 2 aromatic heterocycles. The minimum Gasteiger partial charge on any atom is -0.415 e. The number of hydrogen-bond acceptors (Lipinski definition) is 7. The fourth-order valence-corrected chi connectivity index (χ4v) is 4.62. The van der Waals surface area contributed by atoms with Gasteiger partial charge in [-0.3, -0.25) is 0 Å². The average molecular weight is 611 g/mol. The van der Waals surface area contributed by atoms with Gasteiger partial charge in [-0.25, -0.2) is 9.98 Å². The highest BCUT2D eigenvalue weighted by Crippen LogP contribution is 2.23. The van der Waals surface area contributed by atoms with E-state index >= 15 is 0 Å². The maximum atomic E-state index is 5.97. The van der Waals surface area contributed by atoms with Gasteiger partial charge in [0.15, 0.2) is 0 Å². The van der Waals surface area contributed by atoms with Crippen LogP contribution in [0.1, 0.15) is 65.0 Å². The van der Waals surface area contributed by atoms with E-state index in [2.05, 4.69) is 89.1 Å². The standard InChI is InChI=1S/C39H42N6O/c1-7-11-17-32(10-4)33-18-12-16-31(25-26-33)27-40-43-29(6)34-19-13-20-35(41-34)36-21-14-22-37(42-36)39-45-44-38(46-39)28(5)23-24-30(9-3)15-8-2/h8-12,14,16-17,19,21-26,40H,2-3,7,13,15,20,27H2,1,4-6H3/b17-11-,28-23+,30-24+,32-10+,43-29+. The van der Waals surface area contributed by atoms with Crippen LogP contribution in [0.15, 0.2) is 153 Å². The first-order valence-corrected chi connectivity index (χ1v) is 15.6. The largest absolute Gasteiger partial charge is 0.415 e. The first-order valence-electron chi connectivity index (χ1n) is 15.6. The number of rotatable bonds is 14. The Labute approximate surface area is 272 Å². The Balaban J connectivity index is 1.41. The van der Waals surface area contributed by atoms with E-state index in [0.717, 1.165) is 76.4 Å². The third-order valence-corrected chi connectivity index (χ3v) is 7.25. The SMILES string of the molecule is C=CC/C(C=C)=C/C=C(\C)c1nnc(-c2cccc(C3=NC(/C(C)=N/NCC4=CC=C=C(C(/C=C\CC)=C/C)C=C4)=CCC3)n2)o1. The van der Waals surface area contributed by atoms with E-state index in [1.54, 1.807) is 0 Å². The number of hydrazone groups is 1. The molecular weight excluding hydrogens is 568 g/mol. The Morgan fingerprint density at radius 2 is 1.98 bits per heavy atom. The molecule has 0 unspecified atom stereocenters. The maximum absolute atomic E-state index is 5.97. The fraction of sp³-hybridized carbons (Fsp3) is 0.231. The van der Waals surface area contributed by atoms with Gasteiger partial charge in [0, 0.05) is 11.1 Å². The molecule has 0 atom stereocenters. The van der Waals surface area contributed by atoms with Gasteiger partial charge in [0.1, 0.15) is 5.69 Å². The smallest absolute Gasteiger partial charge is 0.266 e. The van der Waals surface area contributed by atoms with Gasteiger partial charge in [-0.15, -0.1) is 22.5 Å². The minimum absolute atomic E-state index is 0.358. The molecular formula is C39H42N6O. The Morgan fingerprint density at radius 3 is 2.76 bits per heavy atom. The maximum Gasteiger partial charge on any atom is 0.266 e. The second-order valence-electron chi connectivity index (χ2n) is 10.7. The van der Waals surface area contributed by atoms with E-state index in [1.807, 2.05) is 69.4 Å². The van der Waals surface area contributed by atoms with Gasteiger partial charge in [0.25, 0.3) is 5.89 Å². The number of allylic oxidation sites excluding steroid dienone is 15. The first-order chi connectivity index (χ1) is 22.4. The molecule has 0 spiro atoms. The lowest BCUT2D eigenvalue weighted by Crippen LogP contribution is -2.15. The third-order valence-electron chi connectivity index (χ3n) is 7.25. The van der Waals surface area contributed by atoms with Gasteiger partial charge in [-0.05, 0) is 93.5 Å². The molecule has 0 aromatic carbocycles. The van der Waals surface area contributed by atoms with E-state index in [-0.39, 0.29) is 0 Å². The summed E-state index contributed by atoms with van der Waals surface area (Å²) in [6, 6.07) is 5.75. The van der Waals surface area contributed by atoms with Crippen molar-refractivity contribution in [2.75, 3.05) is 6.54 Å². The lowest BCUT2D eigenvalue weighted by molar-refractivity contribution is 0.551. The third kappa shape index (κ3) is 9.31. The zero-order valence-corrected chi connectivity index (χ0v) is 27.3. The lowest BCUT2D eigenvalue weighted by Gasteiger charge is -2.13. The molecule has 7 nitrogen and oxygen atoms in total. The van der Waals surface area contributed by atoms with Crippen molar-refractivity contribution in [3.63, 3.8) is 0 Å². The molecule has 1 aliphatic carbocycles. The van der Waals surface area contributed by atoms with E-state index in [1.165, 1.54) is 0 Å². The molecule has 0 radical (unpaired) electrons. The van der Waals surface area contributed by atoms with E-state index in [4.69, 9.17) is 14.4 Å². The number of hydrogen-bond donors (Lipinski definition) is 1. The molecule has 0 amide bonds. The molecule has 2 aliphatic rings. The van der Waals surface area contributed by atoms with Crippen molar-refractivity contribution in [3.05, 3.63) is 150 Å². The normalized spacial score (nSPS) is 16.1. The predicted molar refractivity (Wildman–Crippen MR) is 191 cm³/mol. The zero-order chi connectivity index (χ0) is 32.7. The van der Waals surface area contributed by atoms with Crippen LogP contribution in [0.3, 0.4) is 0 Å². The van der Waals surface area contributed by atoms with Crippen molar-refractivity contribution in [2.45, 2.75) is 53.4 Å². The predicted octanol–water partition coefficient (Wildman–Crippen LogP) is 9.15. The van der Waals surface area contributed by atoms with E-state index in [0.29, 0.717) is 24.0 Å². The van der Waals surface area contributed by atoms with Crippen molar-refractivity contribution in [3.8, 4) is 11.6 Å². The molecule has 0 saturated heterocycles. The molecule has 2 aromatic rings. The molecule has 46 heavy (non-hydrogen) atoms. The highest BCUT2D eigenvalue weighted by atomic mass is 16.4. The van der Waals surface area contributed by atoms with Crippen molar-refractivity contribution in [1.29, 1.82) is 0 Å². The van der Waals surface area contributed by atoms with Crippen LogP contribution in [0.2, 0.25) is 0 Å². The van der Waals surface area contributed by atoms with Crippen LogP contribution in [0.5, 0.6) is 0 Å². The Morgan fingerprint density at radius 1 is 1.13 bits per heavy atom. The van der Waals surface area contributed by atoms with Crippen LogP contribution < -0.4 is 5.43 Å². The summed E-state index contributed by atoms with van der Waals surface area (Å²) in [7, 11) is 0. The fourth-order valence-electron chi connectivity index (χ4n) is 4.62. The first kappa shape index (κ1) is 33.5. The highest BCUT2D eigenvalue weighted by molar-refractivity contribution is 6.06.